The standard InChI is InChI=1S/C27H29N5O4/c1-16-7-6-8-17(2)32(16)27-30-24-23(26(35)31-27)21(15-22(33)29-24)25(34)28-18-11-13-20(14-12-18)36-19-9-4-3-5-10-19/h3-5,9-14,16-17,21H,6-8,15H2,1-2H3,(H,28,34)(H2,29,30,31,33,35). The minimum absolute atomic E-state index is 0.130. The zero-order chi connectivity index (χ0) is 25.2. The number of piperidine rings is 1. The number of benzene rings is 2. The van der Waals surface area contributed by atoms with E-state index in [-0.39, 0.29) is 35.8 Å². The lowest BCUT2D eigenvalue weighted by Gasteiger charge is -2.39. The highest BCUT2D eigenvalue weighted by Crippen LogP contribution is 2.33. The van der Waals surface area contributed by atoms with Gasteiger partial charge in [-0.2, -0.15) is 4.98 Å². The van der Waals surface area contributed by atoms with Crippen molar-refractivity contribution in [2.75, 3.05) is 15.5 Å². The lowest BCUT2D eigenvalue weighted by molar-refractivity contribution is -0.123. The number of carbonyl (C=O) groups is 2. The summed E-state index contributed by atoms with van der Waals surface area (Å²) in [5, 5.41) is 5.51. The first-order valence-electron chi connectivity index (χ1n) is 12.3. The number of amides is 2. The lowest BCUT2D eigenvalue weighted by Crippen LogP contribution is -2.46. The molecule has 0 saturated carbocycles. The number of ether oxygens (including phenoxy) is 1. The Hall–Kier alpha value is -4.14. The molecule has 36 heavy (non-hydrogen) atoms. The molecular formula is C27H29N5O4. The summed E-state index contributed by atoms with van der Waals surface area (Å²) in [6.07, 6.45) is 2.98. The molecule has 2 aliphatic heterocycles. The molecule has 3 heterocycles. The lowest BCUT2D eigenvalue weighted by atomic mass is 9.92. The highest BCUT2D eigenvalue weighted by molar-refractivity contribution is 6.04. The number of anilines is 3. The van der Waals surface area contributed by atoms with Gasteiger partial charge in [-0.3, -0.25) is 19.4 Å². The summed E-state index contributed by atoms with van der Waals surface area (Å²) >= 11 is 0. The number of para-hydroxylation sites is 1. The van der Waals surface area contributed by atoms with Gasteiger partial charge in [0.25, 0.3) is 5.56 Å². The number of fused-ring (bicyclic) bond motifs is 1. The van der Waals surface area contributed by atoms with E-state index in [0.717, 1.165) is 19.3 Å². The van der Waals surface area contributed by atoms with Gasteiger partial charge in [-0.05, 0) is 69.5 Å². The number of rotatable bonds is 5. The van der Waals surface area contributed by atoms with Gasteiger partial charge in [0.1, 0.15) is 17.3 Å². The van der Waals surface area contributed by atoms with Gasteiger partial charge in [0.2, 0.25) is 17.8 Å². The van der Waals surface area contributed by atoms with Gasteiger partial charge >= 0.3 is 0 Å². The topological polar surface area (TPSA) is 116 Å². The van der Waals surface area contributed by atoms with Crippen molar-refractivity contribution in [1.29, 1.82) is 0 Å². The summed E-state index contributed by atoms with van der Waals surface area (Å²) in [4.78, 5) is 48.3. The summed E-state index contributed by atoms with van der Waals surface area (Å²) in [7, 11) is 0. The van der Waals surface area contributed by atoms with Crippen LogP contribution in [0.1, 0.15) is 51.0 Å². The van der Waals surface area contributed by atoms with Crippen LogP contribution in [0.4, 0.5) is 17.5 Å². The number of H-pyrrole nitrogens is 1. The van der Waals surface area contributed by atoms with Crippen LogP contribution in [0.5, 0.6) is 11.5 Å². The van der Waals surface area contributed by atoms with Gasteiger partial charge < -0.3 is 20.3 Å². The first-order valence-corrected chi connectivity index (χ1v) is 12.3. The van der Waals surface area contributed by atoms with Gasteiger partial charge in [-0.25, -0.2) is 0 Å². The SMILES string of the molecule is CC1CCCC(C)N1c1nc2c(c(=O)[nH]1)C(C(=O)Nc1ccc(Oc3ccccc3)cc1)CC(=O)N2. The number of hydrogen-bond donors (Lipinski definition) is 3. The van der Waals surface area contributed by atoms with Gasteiger partial charge in [-0.15, -0.1) is 0 Å². The molecular weight excluding hydrogens is 458 g/mol. The summed E-state index contributed by atoms with van der Waals surface area (Å²) in [5.41, 5.74) is 0.300. The number of aromatic nitrogens is 2. The number of aromatic amines is 1. The fraction of sp³-hybridized carbons (Fsp3) is 0.333. The third-order valence-electron chi connectivity index (χ3n) is 6.79. The second-order valence-corrected chi connectivity index (χ2v) is 9.42. The van der Waals surface area contributed by atoms with E-state index in [1.807, 2.05) is 30.3 Å². The normalized spacial score (nSPS) is 21.3. The van der Waals surface area contributed by atoms with Gasteiger partial charge in [-0.1, -0.05) is 18.2 Å². The molecule has 3 unspecified atom stereocenters. The van der Waals surface area contributed by atoms with Crippen molar-refractivity contribution in [1.82, 2.24) is 9.97 Å². The van der Waals surface area contributed by atoms with E-state index >= 15 is 0 Å². The summed E-state index contributed by atoms with van der Waals surface area (Å²) < 4.78 is 5.78. The van der Waals surface area contributed by atoms with Crippen LogP contribution in [-0.2, 0) is 9.59 Å². The minimum Gasteiger partial charge on any atom is -0.457 e. The second-order valence-electron chi connectivity index (χ2n) is 9.42. The molecule has 1 fully saturated rings. The fourth-order valence-corrected chi connectivity index (χ4v) is 5.00. The molecule has 3 N–H and O–H groups in total. The third-order valence-corrected chi connectivity index (χ3v) is 6.79. The van der Waals surface area contributed by atoms with Crippen LogP contribution in [0.15, 0.2) is 59.4 Å². The molecule has 1 aromatic heterocycles. The minimum atomic E-state index is -0.949. The van der Waals surface area contributed by atoms with Crippen LogP contribution in [-0.4, -0.2) is 33.9 Å². The predicted octanol–water partition coefficient (Wildman–Crippen LogP) is 4.39. The Morgan fingerprint density at radius 1 is 1.00 bits per heavy atom. The molecule has 0 radical (unpaired) electrons. The summed E-state index contributed by atoms with van der Waals surface area (Å²) in [6.45, 7) is 4.19. The molecule has 2 aromatic carbocycles. The molecule has 186 valence electrons. The molecule has 2 amide bonds. The Morgan fingerprint density at radius 3 is 2.36 bits per heavy atom. The quantitative estimate of drug-likeness (QED) is 0.491. The number of carbonyl (C=O) groups excluding carboxylic acids is 2. The number of nitrogens with one attached hydrogen (secondary N) is 3. The van der Waals surface area contributed by atoms with Crippen molar-refractivity contribution >= 4 is 29.3 Å². The maximum Gasteiger partial charge on any atom is 0.258 e. The highest BCUT2D eigenvalue weighted by atomic mass is 16.5. The van der Waals surface area contributed by atoms with E-state index in [0.29, 0.717) is 23.1 Å². The molecule has 9 nitrogen and oxygen atoms in total. The average molecular weight is 488 g/mol. The second kappa shape index (κ2) is 9.85. The highest BCUT2D eigenvalue weighted by Gasteiger charge is 2.36. The molecule has 0 bridgehead atoms. The van der Waals surface area contributed by atoms with Crippen molar-refractivity contribution < 1.29 is 14.3 Å². The maximum absolute atomic E-state index is 13.2. The molecule has 3 atom stereocenters. The van der Waals surface area contributed by atoms with Crippen LogP contribution in [0.3, 0.4) is 0 Å². The van der Waals surface area contributed by atoms with Crippen LogP contribution in [0, 0.1) is 0 Å². The van der Waals surface area contributed by atoms with Crippen molar-refractivity contribution in [3.63, 3.8) is 0 Å². The van der Waals surface area contributed by atoms with E-state index in [4.69, 9.17) is 4.74 Å². The fourth-order valence-electron chi connectivity index (χ4n) is 5.00. The molecule has 2 aliphatic rings. The van der Waals surface area contributed by atoms with Gasteiger partial charge in [0.15, 0.2) is 0 Å². The Kier molecular flexibility index (Phi) is 6.45. The van der Waals surface area contributed by atoms with E-state index < -0.39 is 17.4 Å². The van der Waals surface area contributed by atoms with E-state index in [1.54, 1.807) is 24.3 Å². The van der Waals surface area contributed by atoms with Crippen LogP contribution < -0.4 is 25.8 Å². The van der Waals surface area contributed by atoms with Gasteiger partial charge in [0, 0.05) is 24.2 Å². The maximum atomic E-state index is 13.2. The summed E-state index contributed by atoms with van der Waals surface area (Å²) in [6, 6.07) is 16.7. The smallest absolute Gasteiger partial charge is 0.258 e. The Balaban J connectivity index is 1.36. The number of nitrogens with zero attached hydrogens (tertiary/aromatic N) is 2. The van der Waals surface area contributed by atoms with Crippen molar-refractivity contribution in [2.24, 2.45) is 0 Å². The van der Waals surface area contributed by atoms with Crippen LogP contribution in [0.25, 0.3) is 0 Å². The Bertz CT molecular complexity index is 1310. The van der Waals surface area contributed by atoms with Crippen LogP contribution in [0.2, 0.25) is 0 Å². The first kappa shape index (κ1) is 23.6. The molecule has 3 aromatic rings. The van der Waals surface area contributed by atoms with Gasteiger partial charge in [0.05, 0.1) is 11.5 Å². The number of hydrogen-bond acceptors (Lipinski definition) is 6. The zero-order valence-electron chi connectivity index (χ0n) is 20.3. The largest absolute Gasteiger partial charge is 0.457 e. The van der Waals surface area contributed by atoms with Crippen LogP contribution >= 0.6 is 0 Å². The molecule has 0 spiro atoms. The van der Waals surface area contributed by atoms with E-state index in [2.05, 4.69) is 39.3 Å². The molecule has 9 heteroatoms. The van der Waals surface area contributed by atoms with Crippen molar-refractivity contribution in [3.8, 4) is 11.5 Å². The Labute approximate surface area is 208 Å². The molecule has 0 aliphatic carbocycles. The van der Waals surface area contributed by atoms with Crippen molar-refractivity contribution in [2.45, 2.75) is 57.5 Å². The Morgan fingerprint density at radius 2 is 1.67 bits per heavy atom. The third kappa shape index (κ3) is 4.82. The first-order chi connectivity index (χ1) is 17.4. The average Bonchev–Trinajstić information content (AvgIpc) is 2.85. The predicted molar refractivity (Wildman–Crippen MR) is 138 cm³/mol. The molecule has 5 rings (SSSR count). The zero-order valence-corrected chi connectivity index (χ0v) is 20.3. The van der Waals surface area contributed by atoms with E-state index in [9.17, 15) is 14.4 Å². The van der Waals surface area contributed by atoms with E-state index in [1.165, 1.54) is 0 Å². The monoisotopic (exact) mass is 487 g/mol. The molecule has 1 saturated heterocycles. The van der Waals surface area contributed by atoms with Crippen molar-refractivity contribution in [3.05, 3.63) is 70.5 Å². The summed E-state index contributed by atoms with van der Waals surface area (Å²) in [5.74, 6) is 0.168.